The van der Waals surface area contributed by atoms with Gasteiger partial charge in [0.1, 0.15) is 11.8 Å². The molecule has 1 atom stereocenters. The summed E-state index contributed by atoms with van der Waals surface area (Å²) in [6.45, 7) is 1.11. The lowest BCUT2D eigenvalue weighted by molar-refractivity contribution is -0.153. The number of fused-ring (bicyclic) bond motifs is 1. The Morgan fingerprint density at radius 2 is 1.89 bits per heavy atom. The summed E-state index contributed by atoms with van der Waals surface area (Å²) in [5.41, 5.74) is 2.74. The summed E-state index contributed by atoms with van der Waals surface area (Å²) in [5.74, 6) is 0.0846. The molecule has 2 aromatic rings. The summed E-state index contributed by atoms with van der Waals surface area (Å²) in [6, 6.07) is 13.5. The molecule has 1 heterocycles. The molecule has 1 amide bonds. The molecule has 1 aliphatic rings. The first-order valence-electron chi connectivity index (χ1n) is 8.79. The number of aryl methyl sites for hydroxylation is 1. The standard InChI is InChI=1S/C20H21F3N2O2/c1-14(19(26)25-12-4-6-15-5-2-3-7-18(15)25)24-16-8-10-17(11-9-16)27-13-20(21,22)23/h2-3,5,7-11,14,24H,4,6,12-13H2,1H3. The normalized spacial score (nSPS) is 15.0. The Bertz CT molecular complexity index is 791. The van der Waals surface area contributed by atoms with Crippen molar-refractivity contribution in [1.82, 2.24) is 0 Å². The van der Waals surface area contributed by atoms with Crippen LogP contribution in [-0.4, -0.2) is 31.3 Å². The van der Waals surface area contributed by atoms with Gasteiger partial charge in [0.05, 0.1) is 0 Å². The van der Waals surface area contributed by atoms with Crippen LogP contribution in [0.15, 0.2) is 48.5 Å². The second kappa shape index (κ2) is 7.90. The van der Waals surface area contributed by atoms with Gasteiger partial charge in [0, 0.05) is 17.9 Å². The number of anilines is 2. The predicted molar refractivity (Wildman–Crippen MR) is 98.2 cm³/mol. The molecule has 3 rings (SSSR count). The number of amides is 1. The first-order chi connectivity index (χ1) is 12.8. The van der Waals surface area contributed by atoms with Crippen molar-refractivity contribution in [3.63, 3.8) is 0 Å². The van der Waals surface area contributed by atoms with Crippen LogP contribution < -0.4 is 15.0 Å². The molecule has 0 aliphatic carbocycles. The lowest BCUT2D eigenvalue weighted by Gasteiger charge is -2.32. The molecule has 4 nitrogen and oxygen atoms in total. The maximum Gasteiger partial charge on any atom is 0.422 e. The van der Waals surface area contributed by atoms with Crippen LogP contribution in [0, 0.1) is 0 Å². The maximum atomic E-state index is 12.9. The number of benzene rings is 2. The van der Waals surface area contributed by atoms with Crippen molar-refractivity contribution in [1.29, 1.82) is 0 Å². The lowest BCUT2D eigenvalue weighted by Crippen LogP contribution is -2.44. The van der Waals surface area contributed by atoms with Crippen LogP contribution in [0.3, 0.4) is 0 Å². The van der Waals surface area contributed by atoms with Crippen LogP contribution in [0.5, 0.6) is 5.75 Å². The van der Waals surface area contributed by atoms with Crippen LogP contribution in [0.25, 0.3) is 0 Å². The van der Waals surface area contributed by atoms with Crippen LogP contribution in [0.1, 0.15) is 18.9 Å². The Kier molecular flexibility index (Phi) is 5.58. The monoisotopic (exact) mass is 378 g/mol. The number of rotatable bonds is 5. The molecular formula is C20H21F3N2O2. The molecule has 1 N–H and O–H groups in total. The maximum absolute atomic E-state index is 12.9. The average molecular weight is 378 g/mol. The van der Waals surface area contributed by atoms with E-state index in [9.17, 15) is 18.0 Å². The number of hydrogen-bond donors (Lipinski definition) is 1. The third-order valence-corrected chi connectivity index (χ3v) is 4.39. The second-order valence-electron chi connectivity index (χ2n) is 6.52. The second-order valence-corrected chi connectivity index (χ2v) is 6.52. The van der Waals surface area contributed by atoms with E-state index in [-0.39, 0.29) is 11.7 Å². The molecule has 1 aliphatic heterocycles. The highest BCUT2D eigenvalue weighted by Gasteiger charge is 2.28. The molecule has 0 aromatic heterocycles. The van der Waals surface area contributed by atoms with Gasteiger partial charge in [0.25, 0.3) is 0 Å². The summed E-state index contributed by atoms with van der Waals surface area (Å²) < 4.78 is 41.2. The number of halogens is 3. The molecule has 1 unspecified atom stereocenters. The lowest BCUT2D eigenvalue weighted by atomic mass is 10.0. The number of hydrogen-bond acceptors (Lipinski definition) is 3. The van der Waals surface area contributed by atoms with E-state index in [0.29, 0.717) is 12.2 Å². The van der Waals surface area contributed by atoms with Gasteiger partial charge in [-0.2, -0.15) is 13.2 Å². The van der Waals surface area contributed by atoms with Gasteiger partial charge in [-0.3, -0.25) is 4.79 Å². The topological polar surface area (TPSA) is 41.6 Å². The minimum Gasteiger partial charge on any atom is -0.484 e. The zero-order valence-electron chi connectivity index (χ0n) is 14.9. The van der Waals surface area contributed by atoms with Gasteiger partial charge in [-0.05, 0) is 55.7 Å². The first-order valence-corrected chi connectivity index (χ1v) is 8.79. The predicted octanol–water partition coefficient (Wildman–Crippen LogP) is 4.41. The highest BCUT2D eigenvalue weighted by molar-refractivity contribution is 5.99. The van der Waals surface area contributed by atoms with Crippen molar-refractivity contribution in [2.45, 2.75) is 32.0 Å². The van der Waals surface area contributed by atoms with Crippen LogP contribution >= 0.6 is 0 Å². The third-order valence-electron chi connectivity index (χ3n) is 4.39. The fourth-order valence-electron chi connectivity index (χ4n) is 3.12. The van der Waals surface area contributed by atoms with Crippen LogP contribution in [0.4, 0.5) is 24.5 Å². The molecule has 0 bridgehead atoms. The van der Waals surface area contributed by atoms with Gasteiger partial charge in [-0.1, -0.05) is 18.2 Å². The van der Waals surface area contributed by atoms with Crippen LogP contribution in [-0.2, 0) is 11.2 Å². The highest BCUT2D eigenvalue weighted by Crippen LogP contribution is 2.28. The minimum atomic E-state index is -4.37. The van der Waals surface area contributed by atoms with Crippen molar-refractivity contribution < 1.29 is 22.7 Å². The molecule has 0 spiro atoms. The highest BCUT2D eigenvalue weighted by atomic mass is 19.4. The molecule has 0 radical (unpaired) electrons. The van der Waals surface area contributed by atoms with Gasteiger partial charge in [0.2, 0.25) is 5.91 Å². The van der Waals surface area contributed by atoms with Crippen molar-refractivity contribution in [3.05, 3.63) is 54.1 Å². The third kappa shape index (κ3) is 4.93. The van der Waals surface area contributed by atoms with Gasteiger partial charge in [-0.15, -0.1) is 0 Å². The number of alkyl halides is 3. The quantitative estimate of drug-likeness (QED) is 0.838. The van der Waals surface area contributed by atoms with Gasteiger partial charge >= 0.3 is 6.18 Å². The van der Waals surface area contributed by atoms with E-state index in [1.165, 1.54) is 12.1 Å². The Morgan fingerprint density at radius 3 is 2.59 bits per heavy atom. The number of nitrogens with one attached hydrogen (secondary N) is 1. The fourth-order valence-corrected chi connectivity index (χ4v) is 3.12. The molecule has 2 aromatic carbocycles. The zero-order chi connectivity index (χ0) is 19.4. The molecular weight excluding hydrogens is 357 g/mol. The van der Waals surface area contributed by atoms with Gasteiger partial charge < -0.3 is 15.0 Å². The average Bonchev–Trinajstić information content (AvgIpc) is 2.66. The Morgan fingerprint density at radius 1 is 1.19 bits per heavy atom. The van der Waals surface area contributed by atoms with E-state index in [4.69, 9.17) is 0 Å². The Balaban J connectivity index is 1.62. The van der Waals surface area contributed by atoms with Crippen molar-refractivity contribution in [2.75, 3.05) is 23.4 Å². The number of carbonyl (C=O) groups is 1. The van der Waals surface area contributed by atoms with Gasteiger partial charge in [0.15, 0.2) is 6.61 Å². The number of para-hydroxylation sites is 1. The summed E-state index contributed by atoms with van der Waals surface area (Å²) in [5, 5.41) is 3.10. The first kappa shape index (κ1) is 19.1. The molecule has 0 saturated carbocycles. The van der Waals surface area contributed by atoms with Gasteiger partial charge in [-0.25, -0.2) is 0 Å². The van der Waals surface area contributed by atoms with E-state index in [1.54, 1.807) is 24.0 Å². The van der Waals surface area contributed by atoms with E-state index in [1.807, 2.05) is 24.3 Å². The molecule has 7 heteroatoms. The van der Waals surface area contributed by atoms with E-state index in [0.717, 1.165) is 24.1 Å². The number of nitrogens with zero attached hydrogens (tertiary/aromatic N) is 1. The molecule has 27 heavy (non-hydrogen) atoms. The summed E-state index contributed by atoms with van der Waals surface area (Å²) >= 11 is 0. The summed E-state index contributed by atoms with van der Waals surface area (Å²) in [6.07, 6.45) is -2.50. The molecule has 144 valence electrons. The Hall–Kier alpha value is -2.70. The number of ether oxygens (including phenoxy) is 1. The Labute approximate surface area is 155 Å². The minimum absolute atomic E-state index is 0.0421. The van der Waals surface area contributed by atoms with E-state index in [2.05, 4.69) is 10.1 Å². The van der Waals surface area contributed by atoms with Crippen molar-refractivity contribution in [3.8, 4) is 5.75 Å². The van der Waals surface area contributed by atoms with E-state index < -0.39 is 18.8 Å². The molecule has 0 saturated heterocycles. The fraction of sp³-hybridized carbons (Fsp3) is 0.350. The van der Waals surface area contributed by atoms with Crippen molar-refractivity contribution >= 4 is 17.3 Å². The number of carbonyl (C=O) groups excluding carboxylic acids is 1. The largest absolute Gasteiger partial charge is 0.484 e. The summed E-state index contributed by atoms with van der Waals surface area (Å²) in [7, 11) is 0. The smallest absolute Gasteiger partial charge is 0.422 e. The van der Waals surface area contributed by atoms with Crippen molar-refractivity contribution in [2.24, 2.45) is 0 Å². The zero-order valence-corrected chi connectivity index (χ0v) is 14.9. The van der Waals surface area contributed by atoms with E-state index >= 15 is 0 Å². The molecule has 0 fully saturated rings. The van der Waals surface area contributed by atoms with Crippen LogP contribution in [0.2, 0.25) is 0 Å². The summed E-state index contributed by atoms with van der Waals surface area (Å²) in [4.78, 5) is 14.6. The SMILES string of the molecule is CC(Nc1ccc(OCC(F)(F)F)cc1)C(=O)N1CCCc2ccccc21.